The Balaban J connectivity index is 1.61. The van der Waals surface area contributed by atoms with Crippen LogP contribution in [0, 0.1) is 11.8 Å². The second-order valence-electron chi connectivity index (χ2n) is 12.5. The number of nitrogens with one attached hydrogen (secondary N) is 4. The zero-order chi connectivity index (χ0) is 31.8. The third-order valence-electron chi connectivity index (χ3n) is 8.04. The Morgan fingerprint density at radius 3 is 2.23 bits per heavy atom. The van der Waals surface area contributed by atoms with E-state index < -0.39 is 42.0 Å². The van der Waals surface area contributed by atoms with Gasteiger partial charge in [0.25, 0.3) is 0 Å². The van der Waals surface area contributed by atoms with Gasteiger partial charge in [-0.3, -0.25) is 14.4 Å². The Labute approximate surface area is 259 Å². The lowest BCUT2D eigenvalue weighted by Gasteiger charge is -2.38. The Morgan fingerprint density at radius 1 is 0.909 bits per heavy atom. The number of carboxylic acids is 1. The molecule has 5 N–H and O–H groups in total. The molecule has 4 rings (SSSR count). The van der Waals surface area contributed by atoms with Crippen LogP contribution in [0.5, 0.6) is 0 Å². The number of benzene rings is 2. The molecule has 1 fully saturated rings. The summed E-state index contributed by atoms with van der Waals surface area (Å²) in [5, 5.41) is 19.5. The molecule has 1 saturated heterocycles. The van der Waals surface area contributed by atoms with Gasteiger partial charge in [-0.2, -0.15) is 0 Å². The van der Waals surface area contributed by atoms with Crippen LogP contribution in [0.15, 0.2) is 60.8 Å². The maximum Gasteiger partial charge on any atom is 0.326 e. The van der Waals surface area contributed by atoms with Crippen LogP contribution in [-0.2, 0) is 32.0 Å². The van der Waals surface area contributed by atoms with Crippen molar-refractivity contribution in [3.63, 3.8) is 0 Å². The average molecular weight is 604 g/mol. The number of aromatic nitrogens is 1. The van der Waals surface area contributed by atoms with Gasteiger partial charge >= 0.3 is 5.97 Å². The lowest BCUT2D eigenvalue weighted by molar-refractivity contribution is -0.145. The summed E-state index contributed by atoms with van der Waals surface area (Å²) < 4.78 is 0. The van der Waals surface area contributed by atoms with Crippen LogP contribution in [0.3, 0.4) is 0 Å². The standard InChI is InChI=1S/C34H45N5O5/c1-21(2)16-27(31(40)38-29(34(43)44)17-22(3)4)37-32(41)30(19-24-20-36-26-13-9-8-12-25(24)26)39-15-14-35-28(33(39)42)18-23-10-6-5-7-11-23/h5-13,20-22,27-30,35-36H,14-19H2,1-4H3,(H,37,41)(H,38,40)(H,43,44)/t27-,28-,29-,30-/m0/s1. The van der Waals surface area contributed by atoms with Crippen molar-refractivity contribution < 1.29 is 24.3 Å². The minimum atomic E-state index is -1.12. The molecule has 44 heavy (non-hydrogen) atoms. The average Bonchev–Trinajstić information content (AvgIpc) is 3.39. The van der Waals surface area contributed by atoms with Crippen LogP contribution in [0.1, 0.15) is 51.7 Å². The summed E-state index contributed by atoms with van der Waals surface area (Å²) in [4.78, 5) is 58.3. The molecule has 3 aromatic rings. The van der Waals surface area contributed by atoms with E-state index in [2.05, 4.69) is 20.9 Å². The van der Waals surface area contributed by atoms with Crippen molar-refractivity contribution in [1.29, 1.82) is 0 Å². The van der Waals surface area contributed by atoms with Gasteiger partial charge in [0.2, 0.25) is 17.7 Å². The number of aromatic amines is 1. The number of piperazine rings is 1. The van der Waals surface area contributed by atoms with Crippen molar-refractivity contribution in [1.82, 2.24) is 25.8 Å². The van der Waals surface area contributed by atoms with E-state index in [1.165, 1.54) is 0 Å². The molecule has 1 aromatic heterocycles. The Bertz CT molecular complexity index is 1440. The summed E-state index contributed by atoms with van der Waals surface area (Å²) >= 11 is 0. The predicted octanol–water partition coefficient (Wildman–Crippen LogP) is 3.27. The first kappa shape index (κ1) is 32.7. The van der Waals surface area contributed by atoms with Crippen molar-refractivity contribution in [3.05, 3.63) is 71.9 Å². The van der Waals surface area contributed by atoms with E-state index in [0.717, 1.165) is 22.0 Å². The molecular formula is C34H45N5O5. The number of carboxylic acid groups (broad SMARTS) is 1. The summed E-state index contributed by atoms with van der Waals surface area (Å²) in [7, 11) is 0. The molecule has 0 aliphatic carbocycles. The van der Waals surface area contributed by atoms with Crippen LogP contribution >= 0.6 is 0 Å². The van der Waals surface area contributed by atoms with E-state index in [9.17, 15) is 24.3 Å². The third kappa shape index (κ3) is 8.47. The highest BCUT2D eigenvalue weighted by atomic mass is 16.4. The van der Waals surface area contributed by atoms with E-state index in [-0.39, 0.29) is 30.6 Å². The normalized spacial score (nSPS) is 17.5. The minimum Gasteiger partial charge on any atom is -0.480 e. The maximum atomic E-state index is 14.2. The number of para-hydroxylation sites is 1. The number of hydrogen-bond acceptors (Lipinski definition) is 5. The zero-order valence-electron chi connectivity index (χ0n) is 26.0. The molecule has 4 atom stereocenters. The van der Waals surface area contributed by atoms with Gasteiger partial charge in [0.05, 0.1) is 6.04 Å². The molecule has 0 radical (unpaired) electrons. The van der Waals surface area contributed by atoms with Crippen molar-refractivity contribution in [2.75, 3.05) is 13.1 Å². The summed E-state index contributed by atoms with van der Waals surface area (Å²) in [6, 6.07) is 14.1. The molecule has 0 spiro atoms. The summed E-state index contributed by atoms with van der Waals surface area (Å²) in [6.45, 7) is 8.51. The van der Waals surface area contributed by atoms with E-state index in [0.29, 0.717) is 25.9 Å². The van der Waals surface area contributed by atoms with E-state index in [1.54, 1.807) is 4.90 Å². The fraction of sp³-hybridized carbons (Fsp3) is 0.471. The summed E-state index contributed by atoms with van der Waals surface area (Å²) in [5.74, 6) is -2.18. The molecule has 0 saturated carbocycles. The van der Waals surface area contributed by atoms with Crippen molar-refractivity contribution >= 4 is 34.6 Å². The van der Waals surface area contributed by atoms with Gasteiger partial charge in [-0.15, -0.1) is 0 Å². The van der Waals surface area contributed by atoms with Gasteiger partial charge in [-0.1, -0.05) is 76.2 Å². The SMILES string of the molecule is CC(C)C[C@H](NC(=O)[C@H](CC(C)C)NC(=O)[C@H](Cc1c[nH]c2ccccc12)N1CCN[C@@H](Cc2ccccc2)C1=O)C(=O)O. The second-order valence-corrected chi connectivity index (χ2v) is 12.5. The molecule has 3 amide bonds. The molecule has 1 aliphatic rings. The van der Waals surface area contributed by atoms with Crippen LogP contribution in [0.4, 0.5) is 0 Å². The van der Waals surface area contributed by atoms with Crippen molar-refractivity contribution in [2.24, 2.45) is 11.8 Å². The summed E-state index contributed by atoms with van der Waals surface area (Å²) in [5.41, 5.74) is 2.83. The highest BCUT2D eigenvalue weighted by Crippen LogP contribution is 2.23. The number of rotatable bonds is 14. The monoisotopic (exact) mass is 603 g/mol. The molecule has 10 heteroatoms. The topological polar surface area (TPSA) is 144 Å². The van der Waals surface area contributed by atoms with Crippen LogP contribution < -0.4 is 16.0 Å². The second kappa shape index (κ2) is 15.0. The lowest BCUT2D eigenvalue weighted by Crippen LogP contribution is -2.63. The Hall–Kier alpha value is -4.18. The number of nitrogens with zero attached hydrogens (tertiary/aromatic N) is 1. The lowest BCUT2D eigenvalue weighted by atomic mass is 9.97. The molecular weight excluding hydrogens is 558 g/mol. The molecule has 10 nitrogen and oxygen atoms in total. The van der Waals surface area contributed by atoms with Crippen LogP contribution in [-0.4, -0.2) is 75.9 Å². The predicted molar refractivity (Wildman–Crippen MR) is 170 cm³/mol. The molecule has 0 unspecified atom stereocenters. The van der Waals surface area contributed by atoms with E-state index >= 15 is 0 Å². The number of aliphatic carboxylic acids is 1. The molecule has 2 heterocycles. The van der Waals surface area contributed by atoms with Gasteiger partial charge in [-0.25, -0.2) is 4.79 Å². The van der Waals surface area contributed by atoms with Crippen molar-refractivity contribution in [3.8, 4) is 0 Å². The van der Waals surface area contributed by atoms with Crippen molar-refractivity contribution in [2.45, 2.75) is 77.5 Å². The first-order valence-electron chi connectivity index (χ1n) is 15.5. The van der Waals surface area contributed by atoms with E-state index in [4.69, 9.17) is 0 Å². The Kier molecular flexibility index (Phi) is 11.2. The number of amides is 3. The fourth-order valence-corrected chi connectivity index (χ4v) is 5.86. The van der Waals surface area contributed by atoms with E-state index in [1.807, 2.05) is 88.5 Å². The third-order valence-corrected chi connectivity index (χ3v) is 8.04. The van der Waals surface area contributed by atoms with Crippen LogP contribution in [0.25, 0.3) is 10.9 Å². The Morgan fingerprint density at radius 2 is 1.55 bits per heavy atom. The first-order valence-corrected chi connectivity index (χ1v) is 15.5. The summed E-state index contributed by atoms with van der Waals surface area (Å²) in [6.07, 6.45) is 3.19. The quantitative estimate of drug-likeness (QED) is 0.191. The number of H-pyrrole nitrogens is 1. The highest BCUT2D eigenvalue weighted by Gasteiger charge is 2.38. The minimum absolute atomic E-state index is 0.0440. The fourth-order valence-electron chi connectivity index (χ4n) is 5.86. The maximum absolute atomic E-state index is 14.2. The number of carbonyl (C=O) groups is 4. The number of hydrogen-bond donors (Lipinski definition) is 5. The van der Waals surface area contributed by atoms with Gasteiger partial charge in [0.15, 0.2) is 0 Å². The largest absolute Gasteiger partial charge is 0.480 e. The van der Waals surface area contributed by atoms with Gasteiger partial charge in [-0.05, 0) is 48.3 Å². The van der Waals surface area contributed by atoms with Gasteiger partial charge in [0, 0.05) is 36.6 Å². The molecule has 2 aromatic carbocycles. The van der Waals surface area contributed by atoms with Gasteiger partial charge < -0.3 is 30.9 Å². The highest BCUT2D eigenvalue weighted by molar-refractivity contribution is 5.95. The zero-order valence-corrected chi connectivity index (χ0v) is 26.0. The molecule has 0 bridgehead atoms. The number of fused-ring (bicyclic) bond motifs is 1. The first-order chi connectivity index (χ1) is 21.0. The van der Waals surface area contributed by atoms with Crippen LogP contribution in [0.2, 0.25) is 0 Å². The molecule has 1 aliphatic heterocycles. The van der Waals surface area contributed by atoms with Gasteiger partial charge in [0.1, 0.15) is 18.1 Å². The smallest absolute Gasteiger partial charge is 0.326 e. The number of carbonyl (C=O) groups excluding carboxylic acids is 3. The molecule has 236 valence electrons.